The van der Waals surface area contributed by atoms with Gasteiger partial charge in [-0.25, -0.2) is 9.97 Å². The molecule has 20 heavy (non-hydrogen) atoms. The number of methoxy groups -OCH3 is 2. The summed E-state index contributed by atoms with van der Waals surface area (Å²) in [5.74, 6) is 2.42. The minimum absolute atomic E-state index is 0.338. The second kappa shape index (κ2) is 6.29. The number of nitrogen functional groups attached to an aromatic ring is 2. The lowest BCUT2D eigenvalue weighted by molar-refractivity contribution is 0.350. The van der Waals surface area contributed by atoms with Crippen molar-refractivity contribution in [3.8, 4) is 11.5 Å². The van der Waals surface area contributed by atoms with Gasteiger partial charge in [0, 0.05) is 24.1 Å². The summed E-state index contributed by atoms with van der Waals surface area (Å²) in [6, 6.07) is 3.25. The number of rotatable bonds is 5. The Hall–Kier alpha value is -2.22. The summed E-state index contributed by atoms with van der Waals surface area (Å²) in [6.45, 7) is 0. The first-order valence-corrected chi connectivity index (χ1v) is 6.71. The van der Waals surface area contributed by atoms with Crippen molar-refractivity contribution in [3.63, 3.8) is 0 Å². The van der Waals surface area contributed by atoms with Crippen molar-refractivity contribution in [2.45, 2.75) is 10.9 Å². The lowest BCUT2D eigenvalue weighted by Gasteiger charge is -2.11. The molecule has 0 saturated heterocycles. The highest BCUT2D eigenvalue weighted by atomic mass is 32.2. The normalized spacial score (nSPS) is 10.3. The van der Waals surface area contributed by atoms with E-state index in [1.165, 1.54) is 17.8 Å². The molecule has 0 unspecified atom stereocenters. The fourth-order valence-corrected chi connectivity index (χ4v) is 2.42. The first-order chi connectivity index (χ1) is 9.63. The van der Waals surface area contributed by atoms with E-state index in [0.29, 0.717) is 34.0 Å². The molecular weight excluding hydrogens is 278 g/mol. The fourth-order valence-electron chi connectivity index (χ4n) is 1.61. The van der Waals surface area contributed by atoms with E-state index >= 15 is 0 Å². The maximum absolute atomic E-state index is 5.63. The first-order valence-electron chi connectivity index (χ1n) is 5.72. The molecule has 0 aromatic carbocycles. The Labute approximate surface area is 120 Å². The van der Waals surface area contributed by atoms with Crippen molar-refractivity contribution in [1.29, 1.82) is 0 Å². The molecular formula is C12H15N5O2S. The van der Waals surface area contributed by atoms with Gasteiger partial charge < -0.3 is 20.9 Å². The van der Waals surface area contributed by atoms with Crippen molar-refractivity contribution in [3.05, 3.63) is 24.0 Å². The van der Waals surface area contributed by atoms with Crippen LogP contribution >= 0.6 is 11.8 Å². The van der Waals surface area contributed by atoms with Gasteiger partial charge in [-0.05, 0) is 0 Å². The number of hydrogen-bond acceptors (Lipinski definition) is 8. The lowest BCUT2D eigenvalue weighted by Crippen LogP contribution is -2.01. The summed E-state index contributed by atoms with van der Waals surface area (Å²) >= 11 is 1.37. The third kappa shape index (κ3) is 3.21. The average molecular weight is 293 g/mol. The molecule has 2 rings (SSSR count). The van der Waals surface area contributed by atoms with Crippen molar-refractivity contribution >= 4 is 23.4 Å². The summed E-state index contributed by atoms with van der Waals surface area (Å²) in [7, 11) is 3.15. The topological polar surface area (TPSA) is 109 Å². The zero-order chi connectivity index (χ0) is 14.5. The van der Waals surface area contributed by atoms with Crippen molar-refractivity contribution < 1.29 is 9.47 Å². The number of hydrogen-bond donors (Lipinski definition) is 2. The Morgan fingerprint density at radius 2 is 1.85 bits per heavy atom. The van der Waals surface area contributed by atoms with Gasteiger partial charge in [0.05, 0.1) is 19.9 Å². The monoisotopic (exact) mass is 293 g/mol. The largest absolute Gasteiger partial charge is 0.493 e. The average Bonchev–Trinajstić information content (AvgIpc) is 2.43. The van der Waals surface area contributed by atoms with E-state index in [2.05, 4.69) is 15.0 Å². The number of pyridine rings is 1. The number of thioether (sulfide) groups is 1. The van der Waals surface area contributed by atoms with Crippen LogP contribution in [0.15, 0.2) is 23.5 Å². The van der Waals surface area contributed by atoms with Gasteiger partial charge in [-0.1, -0.05) is 11.8 Å². The van der Waals surface area contributed by atoms with Crippen LogP contribution in [0.25, 0.3) is 0 Å². The van der Waals surface area contributed by atoms with Crippen LogP contribution in [0, 0.1) is 0 Å². The van der Waals surface area contributed by atoms with Crippen molar-refractivity contribution in [2.24, 2.45) is 0 Å². The van der Waals surface area contributed by atoms with Crippen LogP contribution in [0.2, 0.25) is 0 Å². The van der Waals surface area contributed by atoms with E-state index in [1.807, 2.05) is 0 Å². The quantitative estimate of drug-likeness (QED) is 0.628. The molecule has 7 nitrogen and oxygen atoms in total. The van der Waals surface area contributed by atoms with Gasteiger partial charge in [-0.15, -0.1) is 0 Å². The van der Waals surface area contributed by atoms with Crippen LogP contribution in [-0.4, -0.2) is 29.2 Å². The van der Waals surface area contributed by atoms with Crippen LogP contribution in [0.3, 0.4) is 0 Å². The third-order valence-electron chi connectivity index (χ3n) is 2.45. The molecule has 2 aromatic rings. The molecule has 0 bridgehead atoms. The van der Waals surface area contributed by atoms with E-state index in [4.69, 9.17) is 20.9 Å². The highest BCUT2D eigenvalue weighted by Gasteiger charge is 2.12. The smallest absolute Gasteiger partial charge is 0.191 e. The summed E-state index contributed by atoms with van der Waals surface area (Å²) in [6.07, 6.45) is 1.66. The van der Waals surface area contributed by atoms with Crippen molar-refractivity contribution in [2.75, 3.05) is 25.7 Å². The van der Waals surface area contributed by atoms with Gasteiger partial charge in [0.2, 0.25) is 0 Å². The van der Waals surface area contributed by atoms with E-state index in [-0.39, 0.29) is 0 Å². The molecule has 0 amide bonds. The molecule has 0 saturated carbocycles. The number of aromatic nitrogens is 3. The van der Waals surface area contributed by atoms with Gasteiger partial charge in [0.15, 0.2) is 16.7 Å². The Bertz CT molecular complexity index is 588. The molecule has 0 fully saturated rings. The minimum Gasteiger partial charge on any atom is -0.493 e. The van der Waals surface area contributed by atoms with Gasteiger partial charge in [0.25, 0.3) is 0 Å². The fraction of sp³-hybridized carbons (Fsp3) is 0.250. The Morgan fingerprint density at radius 3 is 2.45 bits per heavy atom. The number of nitrogens with zero attached hydrogens (tertiary/aromatic N) is 3. The van der Waals surface area contributed by atoms with Crippen molar-refractivity contribution in [1.82, 2.24) is 15.0 Å². The van der Waals surface area contributed by atoms with Crippen LogP contribution in [-0.2, 0) is 5.75 Å². The summed E-state index contributed by atoms with van der Waals surface area (Å²) < 4.78 is 10.5. The highest BCUT2D eigenvalue weighted by Crippen LogP contribution is 2.32. The Kier molecular flexibility index (Phi) is 4.46. The predicted octanol–water partition coefficient (Wildman–Crippen LogP) is 1.35. The molecule has 0 aliphatic heterocycles. The number of anilines is 2. The lowest BCUT2D eigenvalue weighted by atomic mass is 10.3. The molecule has 2 aromatic heterocycles. The SMILES string of the molecule is COc1ccnc(CSc2nc(N)cc(N)n2)c1OC. The van der Waals surface area contributed by atoms with Gasteiger partial charge in [-0.2, -0.15) is 0 Å². The Morgan fingerprint density at radius 1 is 1.15 bits per heavy atom. The van der Waals surface area contributed by atoms with E-state index in [9.17, 15) is 0 Å². The second-order valence-corrected chi connectivity index (χ2v) is 4.72. The number of ether oxygens (including phenoxy) is 2. The molecule has 0 atom stereocenters. The maximum atomic E-state index is 5.63. The molecule has 4 N–H and O–H groups in total. The molecule has 0 spiro atoms. The van der Waals surface area contributed by atoms with E-state index in [0.717, 1.165) is 5.69 Å². The maximum Gasteiger partial charge on any atom is 0.191 e. The van der Waals surface area contributed by atoms with Gasteiger partial charge >= 0.3 is 0 Å². The third-order valence-corrected chi connectivity index (χ3v) is 3.31. The van der Waals surface area contributed by atoms with Gasteiger partial charge in [-0.3, -0.25) is 4.98 Å². The van der Waals surface area contributed by atoms with Crippen LogP contribution in [0.4, 0.5) is 11.6 Å². The second-order valence-electron chi connectivity index (χ2n) is 3.78. The molecule has 0 aliphatic rings. The standard InChI is InChI=1S/C12H15N5O2S/c1-18-8-3-4-15-7(11(8)19-2)6-20-12-16-9(13)5-10(14)17-12/h3-5H,6H2,1-2H3,(H4,13,14,16,17). The molecule has 2 heterocycles. The first kappa shape index (κ1) is 14.2. The predicted molar refractivity (Wildman–Crippen MR) is 77.8 cm³/mol. The number of nitrogens with two attached hydrogens (primary N) is 2. The van der Waals surface area contributed by atoms with Gasteiger partial charge in [0.1, 0.15) is 11.6 Å². The van der Waals surface area contributed by atoms with E-state index < -0.39 is 0 Å². The van der Waals surface area contributed by atoms with E-state index in [1.54, 1.807) is 26.5 Å². The molecule has 106 valence electrons. The van der Waals surface area contributed by atoms with Crippen LogP contribution in [0.1, 0.15) is 5.69 Å². The highest BCUT2D eigenvalue weighted by molar-refractivity contribution is 7.98. The molecule has 8 heteroatoms. The van der Waals surface area contributed by atoms with Crippen LogP contribution in [0.5, 0.6) is 11.5 Å². The minimum atomic E-state index is 0.338. The summed E-state index contributed by atoms with van der Waals surface area (Å²) in [5.41, 5.74) is 12.0. The molecule has 0 aliphatic carbocycles. The Balaban J connectivity index is 2.18. The zero-order valence-electron chi connectivity index (χ0n) is 11.2. The summed E-state index contributed by atoms with van der Waals surface area (Å²) in [4.78, 5) is 12.5. The zero-order valence-corrected chi connectivity index (χ0v) is 12.0. The molecule has 0 radical (unpaired) electrons. The summed E-state index contributed by atoms with van der Waals surface area (Å²) in [5, 5.41) is 0.495. The van der Waals surface area contributed by atoms with Crippen LogP contribution < -0.4 is 20.9 Å².